The average molecular weight is 329 g/mol. The SMILES string of the molecule is CN(CC(=O)Nc1ccc2c(c1)CCC2)Cc1ccc(Cl)cc1. The number of fused-ring (bicyclic) bond motifs is 1. The fourth-order valence-electron chi connectivity index (χ4n) is 3.05. The summed E-state index contributed by atoms with van der Waals surface area (Å²) in [5.41, 5.74) is 4.83. The molecule has 0 saturated carbocycles. The van der Waals surface area contributed by atoms with E-state index in [0.29, 0.717) is 6.54 Å². The van der Waals surface area contributed by atoms with E-state index in [2.05, 4.69) is 17.4 Å². The number of likely N-dealkylation sites (N-methyl/N-ethyl adjacent to an activating group) is 1. The number of nitrogens with one attached hydrogen (secondary N) is 1. The van der Waals surface area contributed by atoms with Crippen LogP contribution in [-0.2, 0) is 24.2 Å². The number of rotatable bonds is 5. The normalized spacial score (nSPS) is 13.2. The summed E-state index contributed by atoms with van der Waals surface area (Å²) in [6.07, 6.45) is 3.50. The van der Waals surface area contributed by atoms with E-state index < -0.39 is 0 Å². The lowest BCUT2D eigenvalue weighted by molar-refractivity contribution is -0.117. The maximum Gasteiger partial charge on any atom is 0.238 e. The summed E-state index contributed by atoms with van der Waals surface area (Å²) in [5, 5.41) is 3.72. The lowest BCUT2D eigenvalue weighted by Crippen LogP contribution is -2.29. The number of hydrogen-bond acceptors (Lipinski definition) is 2. The van der Waals surface area contributed by atoms with Crippen LogP contribution in [0.4, 0.5) is 5.69 Å². The van der Waals surface area contributed by atoms with Crippen LogP contribution >= 0.6 is 11.6 Å². The predicted octanol–water partition coefficient (Wildman–Crippen LogP) is 3.90. The third-order valence-corrected chi connectivity index (χ3v) is 4.41. The van der Waals surface area contributed by atoms with Crippen molar-refractivity contribution >= 4 is 23.2 Å². The van der Waals surface area contributed by atoms with Crippen molar-refractivity contribution < 1.29 is 4.79 Å². The minimum atomic E-state index is 0.0133. The molecule has 120 valence electrons. The zero-order chi connectivity index (χ0) is 16.2. The minimum Gasteiger partial charge on any atom is -0.325 e. The van der Waals surface area contributed by atoms with E-state index in [0.717, 1.165) is 35.7 Å². The zero-order valence-electron chi connectivity index (χ0n) is 13.3. The van der Waals surface area contributed by atoms with Crippen LogP contribution in [0.1, 0.15) is 23.1 Å². The number of aryl methyl sites for hydroxylation is 2. The van der Waals surface area contributed by atoms with Gasteiger partial charge in [0.1, 0.15) is 0 Å². The predicted molar refractivity (Wildman–Crippen MR) is 94.9 cm³/mol. The molecule has 0 aromatic heterocycles. The third kappa shape index (κ3) is 4.34. The molecule has 23 heavy (non-hydrogen) atoms. The molecule has 0 fully saturated rings. The number of carbonyl (C=O) groups excluding carboxylic acids is 1. The monoisotopic (exact) mass is 328 g/mol. The second-order valence-electron chi connectivity index (χ2n) is 6.18. The summed E-state index contributed by atoms with van der Waals surface area (Å²) in [7, 11) is 1.94. The van der Waals surface area contributed by atoms with Crippen LogP contribution in [0.3, 0.4) is 0 Å². The second-order valence-corrected chi connectivity index (χ2v) is 6.62. The van der Waals surface area contributed by atoms with Gasteiger partial charge in [-0.2, -0.15) is 0 Å². The molecule has 1 amide bonds. The number of amides is 1. The molecule has 1 aliphatic rings. The van der Waals surface area contributed by atoms with Crippen molar-refractivity contribution in [1.29, 1.82) is 0 Å². The van der Waals surface area contributed by atoms with Gasteiger partial charge < -0.3 is 5.32 Å². The van der Waals surface area contributed by atoms with Crippen LogP contribution in [0.25, 0.3) is 0 Å². The van der Waals surface area contributed by atoms with E-state index in [1.54, 1.807) is 0 Å². The highest BCUT2D eigenvalue weighted by atomic mass is 35.5. The first-order valence-electron chi connectivity index (χ1n) is 7.95. The molecule has 0 saturated heterocycles. The summed E-state index contributed by atoms with van der Waals surface area (Å²) in [5.74, 6) is 0.0133. The first-order chi connectivity index (χ1) is 11.1. The average Bonchev–Trinajstić information content (AvgIpc) is 2.97. The van der Waals surface area contributed by atoms with Crippen LogP contribution in [-0.4, -0.2) is 24.4 Å². The van der Waals surface area contributed by atoms with Crippen molar-refractivity contribution in [2.75, 3.05) is 18.9 Å². The smallest absolute Gasteiger partial charge is 0.238 e. The first kappa shape index (κ1) is 16.0. The maximum atomic E-state index is 12.2. The Morgan fingerprint density at radius 1 is 1.13 bits per heavy atom. The van der Waals surface area contributed by atoms with Gasteiger partial charge in [-0.3, -0.25) is 9.69 Å². The standard InChI is InChI=1S/C19H21ClN2O/c1-22(12-14-5-8-17(20)9-6-14)13-19(23)21-18-10-7-15-3-2-4-16(15)11-18/h5-11H,2-4,12-13H2,1H3,(H,21,23). The second kappa shape index (κ2) is 7.16. The summed E-state index contributed by atoms with van der Waals surface area (Å²) in [6, 6.07) is 14.0. The molecule has 2 aromatic rings. The summed E-state index contributed by atoms with van der Waals surface area (Å²) in [4.78, 5) is 14.2. The van der Waals surface area contributed by atoms with Gasteiger partial charge in [0.05, 0.1) is 6.54 Å². The molecule has 3 rings (SSSR count). The van der Waals surface area contributed by atoms with Crippen LogP contribution in [0, 0.1) is 0 Å². The van der Waals surface area contributed by atoms with E-state index >= 15 is 0 Å². The Bertz CT molecular complexity index is 697. The van der Waals surface area contributed by atoms with Crippen molar-refractivity contribution in [1.82, 2.24) is 4.90 Å². The molecule has 1 aliphatic carbocycles. The van der Waals surface area contributed by atoms with Crippen LogP contribution < -0.4 is 5.32 Å². The largest absolute Gasteiger partial charge is 0.325 e. The molecule has 0 atom stereocenters. The Morgan fingerprint density at radius 3 is 2.65 bits per heavy atom. The number of benzene rings is 2. The topological polar surface area (TPSA) is 32.3 Å². The number of nitrogens with zero attached hydrogens (tertiary/aromatic N) is 1. The molecule has 0 heterocycles. The van der Waals surface area contributed by atoms with E-state index in [-0.39, 0.29) is 5.91 Å². The lowest BCUT2D eigenvalue weighted by atomic mass is 10.1. The van der Waals surface area contributed by atoms with Crippen molar-refractivity contribution in [3.63, 3.8) is 0 Å². The Labute approximate surface area is 142 Å². The van der Waals surface area contributed by atoms with Crippen molar-refractivity contribution in [3.8, 4) is 0 Å². The van der Waals surface area contributed by atoms with Crippen LogP contribution in [0.5, 0.6) is 0 Å². The molecule has 1 N–H and O–H groups in total. The van der Waals surface area contributed by atoms with Crippen LogP contribution in [0.2, 0.25) is 5.02 Å². The first-order valence-corrected chi connectivity index (χ1v) is 8.32. The number of halogens is 1. The number of hydrogen-bond donors (Lipinski definition) is 1. The van der Waals surface area contributed by atoms with E-state index in [1.165, 1.54) is 17.5 Å². The fourth-order valence-corrected chi connectivity index (χ4v) is 3.18. The van der Waals surface area contributed by atoms with E-state index in [4.69, 9.17) is 11.6 Å². The van der Waals surface area contributed by atoms with E-state index in [9.17, 15) is 4.79 Å². The Balaban J connectivity index is 1.53. The van der Waals surface area contributed by atoms with Crippen molar-refractivity contribution in [2.24, 2.45) is 0 Å². The van der Waals surface area contributed by atoms with Crippen molar-refractivity contribution in [2.45, 2.75) is 25.8 Å². The summed E-state index contributed by atoms with van der Waals surface area (Å²) < 4.78 is 0. The molecule has 3 nitrogen and oxygen atoms in total. The van der Waals surface area contributed by atoms with Gasteiger partial charge in [0, 0.05) is 17.3 Å². The Morgan fingerprint density at radius 2 is 1.87 bits per heavy atom. The maximum absolute atomic E-state index is 12.2. The van der Waals surface area contributed by atoms with Gasteiger partial charge in [0.2, 0.25) is 5.91 Å². The van der Waals surface area contributed by atoms with Gasteiger partial charge in [0.15, 0.2) is 0 Å². The number of carbonyl (C=O) groups is 1. The third-order valence-electron chi connectivity index (χ3n) is 4.16. The summed E-state index contributed by atoms with van der Waals surface area (Å²) in [6.45, 7) is 1.08. The van der Waals surface area contributed by atoms with E-state index in [1.807, 2.05) is 42.3 Å². The molecule has 4 heteroatoms. The lowest BCUT2D eigenvalue weighted by Gasteiger charge is -2.16. The molecule has 0 spiro atoms. The quantitative estimate of drug-likeness (QED) is 0.902. The molecule has 0 aliphatic heterocycles. The molecule has 0 bridgehead atoms. The van der Waals surface area contributed by atoms with Gasteiger partial charge in [-0.15, -0.1) is 0 Å². The zero-order valence-corrected chi connectivity index (χ0v) is 14.1. The van der Waals surface area contributed by atoms with Gasteiger partial charge in [-0.05, 0) is 67.3 Å². The molecule has 2 aromatic carbocycles. The fraction of sp³-hybridized carbons (Fsp3) is 0.316. The molecule has 0 unspecified atom stereocenters. The molecular weight excluding hydrogens is 308 g/mol. The van der Waals surface area contributed by atoms with Gasteiger partial charge in [0.25, 0.3) is 0 Å². The number of anilines is 1. The summed E-state index contributed by atoms with van der Waals surface area (Å²) >= 11 is 5.89. The highest BCUT2D eigenvalue weighted by molar-refractivity contribution is 6.30. The van der Waals surface area contributed by atoms with Gasteiger partial charge >= 0.3 is 0 Å². The Hall–Kier alpha value is -1.84. The van der Waals surface area contributed by atoms with Crippen molar-refractivity contribution in [3.05, 3.63) is 64.2 Å². The Kier molecular flexibility index (Phi) is 4.99. The molecular formula is C19H21ClN2O. The highest BCUT2D eigenvalue weighted by Crippen LogP contribution is 2.24. The minimum absolute atomic E-state index is 0.0133. The molecule has 0 radical (unpaired) electrons. The van der Waals surface area contributed by atoms with Gasteiger partial charge in [-0.1, -0.05) is 29.8 Å². The van der Waals surface area contributed by atoms with Crippen LogP contribution in [0.15, 0.2) is 42.5 Å². The van der Waals surface area contributed by atoms with Gasteiger partial charge in [-0.25, -0.2) is 0 Å². The highest BCUT2D eigenvalue weighted by Gasteiger charge is 2.12.